The van der Waals surface area contributed by atoms with Crippen molar-refractivity contribution in [3.05, 3.63) is 48.5 Å². The smallest absolute Gasteiger partial charge is 0.260 e. The molecule has 6 nitrogen and oxygen atoms in total. The summed E-state index contributed by atoms with van der Waals surface area (Å²) in [6.45, 7) is 3.35. The van der Waals surface area contributed by atoms with Gasteiger partial charge in [-0.15, -0.1) is 0 Å². The first-order chi connectivity index (χ1) is 11.7. The summed E-state index contributed by atoms with van der Waals surface area (Å²) in [6, 6.07) is 7.43. The molecule has 0 spiro atoms. The van der Waals surface area contributed by atoms with E-state index in [4.69, 9.17) is 9.47 Å². The molecule has 0 aliphatic carbocycles. The predicted octanol–water partition coefficient (Wildman–Crippen LogP) is 2.23. The Bertz CT molecular complexity index is 653. The maximum absolute atomic E-state index is 12.2. The van der Waals surface area contributed by atoms with Crippen LogP contribution in [0.5, 0.6) is 11.5 Å². The Morgan fingerprint density at radius 2 is 2.04 bits per heavy atom. The van der Waals surface area contributed by atoms with Gasteiger partial charge in [-0.3, -0.25) is 14.8 Å². The first-order valence-electron chi connectivity index (χ1n) is 8.10. The van der Waals surface area contributed by atoms with Crippen molar-refractivity contribution in [2.75, 3.05) is 19.7 Å². The van der Waals surface area contributed by atoms with Crippen LogP contribution in [0.2, 0.25) is 0 Å². The molecule has 24 heavy (non-hydrogen) atoms. The van der Waals surface area contributed by atoms with Crippen LogP contribution in [-0.4, -0.2) is 46.6 Å². The third kappa shape index (κ3) is 4.44. The molecule has 2 aromatic rings. The van der Waals surface area contributed by atoms with Crippen LogP contribution in [0.3, 0.4) is 0 Å². The lowest BCUT2D eigenvalue weighted by Crippen LogP contribution is -2.43. The second kappa shape index (κ2) is 7.77. The van der Waals surface area contributed by atoms with E-state index in [-0.39, 0.29) is 18.6 Å². The molecular formula is C18H21N3O3. The van der Waals surface area contributed by atoms with Crippen molar-refractivity contribution in [1.29, 1.82) is 0 Å². The van der Waals surface area contributed by atoms with Gasteiger partial charge in [-0.05, 0) is 31.2 Å². The van der Waals surface area contributed by atoms with Crippen LogP contribution in [0, 0.1) is 6.92 Å². The van der Waals surface area contributed by atoms with E-state index in [0.29, 0.717) is 18.8 Å². The van der Waals surface area contributed by atoms with Gasteiger partial charge < -0.3 is 14.4 Å². The van der Waals surface area contributed by atoms with Crippen LogP contribution in [0.4, 0.5) is 0 Å². The Balaban J connectivity index is 1.42. The maximum Gasteiger partial charge on any atom is 0.260 e. The number of ether oxygens (including phenoxy) is 2. The minimum Gasteiger partial charge on any atom is -0.489 e. The standard InChI is InChI=1S/C18H21N3O3/c1-14-4-5-17(12-20-14)24-15-6-9-21(10-7-15)18(22)13-23-16-3-2-8-19-11-16/h2-5,8,11-12,15H,6-7,9-10,13H2,1H3. The van der Waals surface area contributed by atoms with Gasteiger partial charge in [0.05, 0.1) is 12.4 Å². The van der Waals surface area contributed by atoms with Gasteiger partial charge in [0.15, 0.2) is 6.61 Å². The zero-order chi connectivity index (χ0) is 16.8. The number of carbonyl (C=O) groups excluding carboxylic acids is 1. The third-order valence-corrected chi connectivity index (χ3v) is 3.98. The van der Waals surface area contributed by atoms with Crippen molar-refractivity contribution in [2.24, 2.45) is 0 Å². The van der Waals surface area contributed by atoms with Crippen LogP contribution < -0.4 is 9.47 Å². The SMILES string of the molecule is Cc1ccc(OC2CCN(C(=O)COc3cccnc3)CC2)cn1. The van der Waals surface area contributed by atoms with Gasteiger partial charge >= 0.3 is 0 Å². The van der Waals surface area contributed by atoms with E-state index in [9.17, 15) is 4.79 Å². The zero-order valence-electron chi connectivity index (χ0n) is 13.7. The van der Waals surface area contributed by atoms with Crippen molar-refractivity contribution in [3.8, 4) is 11.5 Å². The van der Waals surface area contributed by atoms with E-state index in [2.05, 4.69) is 9.97 Å². The fraction of sp³-hybridized carbons (Fsp3) is 0.389. The van der Waals surface area contributed by atoms with Gasteiger partial charge in [0, 0.05) is 37.8 Å². The van der Waals surface area contributed by atoms with Gasteiger partial charge in [0.1, 0.15) is 17.6 Å². The highest BCUT2D eigenvalue weighted by atomic mass is 16.5. The Kier molecular flexibility index (Phi) is 5.25. The molecule has 1 saturated heterocycles. The summed E-state index contributed by atoms with van der Waals surface area (Å²) in [6.07, 6.45) is 6.76. The molecule has 0 bridgehead atoms. The molecule has 0 unspecified atom stereocenters. The molecule has 126 valence electrons. The average molecular weight is 327 g/mol. The Labute approximate surface area is 141 Å². The number of nitrogens with zero attached hydrogens (tertiary/aromatic N) is 3. The van der Waals surface area contributed by atoms with Crippen molar-refractivity contribution >= 4 is 5.91 Å². The highest BCUT2D eigenvalue weighted by Gasteiger charge is 2.24. The summed E-state index contributed by atoms with van der Waals surface area (Å²) in [5.41, 5.74) is 0.969. The Morgan fingerprint density at radius 1 is 1.21 bits per heavy atom. The van der Waals surface area contributed by atoms with Gasteiger partial charge in [-0.1, -0.05) is 0 Å². The van der Waals surface area contributed by atoms with Gasteiger partial charge in [-0.2, -0.15) is 0 Å². The largest absolute Gasteiger partial charge is 0.489 e. The molecule has 0 saturated carbocycles. The number of hydrogen-bond acceptors (Lipinski definition) is 5. The van der Waals surface area contributed by atoms with E-state index in [0.717, 1.165) is 24.3 Å². The quantitative estimate of drug-likeness (QED) is 0.842. The predicted molar refractivity (Wildman–Crippen MR) is 88.9 cm³/mol. The number of aromatic nitrogens is 2. The maximum atomic E-state index is 12.2. The molecule has 1 aliphatic rings. The van der Waals surface area contributed by atoms with Gasteiger partial charge in [0.2, 0.25) is 0 Å². The summed E-state index contributed by atoms with van der Waals surface area (Å²) in [5, 5.41) is 0. The second-order valence-corrected chi connectivity index (χ2v) is 5.81. The van der Waals surface area contributed by atoms with E-state index >= 15 is 0 Å². The van der Waals surface area contributed by atoms with Crippen LogP contribution >= 0.6 is 0 Å². The molecule has 3 heterocycles. The molecule has 0 radical (unpaired) electrons. The summed E-state index contributed by atoms with van der Waals surface area (Å²) in [5.74, 6) is 1.38. The molecule has 1 fully saturated rings. The number of hydrogen-bond donors (Lipinski definition) is 0. The molecule has 3 rings (SSSR count). The van der Waals surface area contributed by atoms with Crippen LogP contribution in [0.1, 0.15) is 18.5 Å². The molecule has 1 aliphatic heterocycles. The van der Waals surface area contributed by atoms with E-state index < -0.39 is 0 Å². The number of rotatable bonds is 5. The topological polar surface area (TPSA) is 64.5 Å². The number of pyridine rings is 2. The number of piperidine rings is 1. The van der Waals surface area contributed by atoms with Crippen molar-refractivity contribution < 1.29 is 14.3 Å². The summed E-state index contributed by atoms with van der Waals surface area (Å²) in [4.78, 5) is 22.2. The molecule has 6 heteroatoms. The van der Waals surface area contributed by atoms with E-state index in [1.807, 2.05) is 24.0 Å². The van der Waals surface area contributed by atoms with Gasteiger partial charge in [-0.25, -0.2) is 0 Å². The third-order valence-electron chi connectivity index (χ3n) is 3.98. The summed E-state index contributed by atoms with van der Waals surface area (Å²) >= 11 is 0. The first-order valence-corrected chi connectivity index (χ1v) is 8.10. The number of aryl methyl sites for hydroxylation is 1. The summed E-state index contributed by atoms with van der Waals surface area (Å²) < 4.78 is 11.4. The van der Waals surface area contributed by atoms with E-state index in [1.54, 1.807) is 30.7 Å². The normalized spacial score (nSPS) is 15.1. The molecule has 0 aromatic carbocycles. The zero-order valence-corrected chi connectivity index (χ0v) is 13.7. The molecule has 2 aromatic heterocycles. The van der Waals surface area contributed by atoms with Crippen molar-refractivity contribution in [3.63, 3.8) is 0 Å². The lowest BCUT2D eigenvalue weighted by molar-refractivity contribution is -0.135. The molecule has 0 atom stereocenters. The lowest BCUT2D eigenvalue weighted by Gasteiger charge is -2.32. The monoisotopic (exact) mass is 327 g/mol. The number of likely N-dealkylation sites (tertiary alicyclic amines) is 1. The average Bonchev–Trinajstić information content (AvgIpc) is 2.63. The fourth-order valence-electron chi connectivity index (χ4n) is 2.61. The number of amides is 1. The number of carbonyl (C=O) groups is 1. The van der Waals surface area contributed by atoms with Crippen molar-refractivity contribution in [1.82, 2.24) is 14.9 Å². The first kappa shape index (κ1) is 16.2. The minimum atomic E-state index is -0.00527. The van der Waals surface area contributed by atoms with Gasteiger partial charge in [0.25, 0.3) is 5.91 Å². The van der Waals surface area contributed by atoms with Crippen LogP contribution in [0.15, 0.2) is 42.9 Å². The Morgan fingerprint density at radius 3 is 2.71 bits per heavy atom. The molecule has 1 amide bonds. The van der Waals surface area contributed by atoms with E-state index in [1.165, 1.54) is 0 Å². The molecular weight excluding hydrogens is 306 g/mol. The fourth-order valence-corrected chi connectivity index (χ4v) is 2.61. The minimum absolute atomic E-state index is 0.00527. The van der Waals surface area contributed by atoms with Crippen LogP contribution in [0.25, 0.3) is 0 Å². The Hall–Kier alpha value is -2.63. The highest BCUT2D eigenvalue weighted by Crippen LogP contribution is 2.18. The summed E-state index contributed by atoms with van der Waals surface area (Å²) in [7, 11) is 0. The molecule has 0 N–H and O–H groups in total. The second-order valence-electron chi connectivity index (χ2n) is 5.81. The highest BCUT2D eigenvalue weighted by molar-refractivity contribution is 5.77. The van der Waals surface area contributed by atoms with Crippen LogP contribution in [-0.2, 0) is 4.79 Å². The lowest BCUT2D eigenvalue weighted by atomic mass is 10.1. The van der Waals surface area contributed by atoms with Crippen molar-refractivity contribution in [2.45, 2.75) is 25.9 Å².